The molecule has 0 atom stereocenters. The number of carbonyl (C=O) groups is 1. The first kappa shape index (κ1) is 13.4. The number of hydrogen-bond acceptors (Lipinski definition) is 2. The van der Waals surface area contributed by atoms with Crippen LogP contribution in [-0.2, 0) is 4.79 Å². The molecule has 1 aromatic carbocycles. The molecule has 0 saturated carbocycles. The lowest BCUT2D eigenvalue weighted by atomic mass is 9.97. The lowest BCUT2D eigenvalue weighted by Crippen LogP contribution is -2.61. The standard InChI is InChI=1S/C13H13Cl2NO2/c1-13(18)7-16(8-13)12(17)5-3-9-2-4-10(14)11(15)6-9/h2-6,18H,7-8H2,1H3. The van der Waals surface area contributed by atoms with Crippen molar-refractivity contribution < 1.29 is 9.90 Å². The summed E-state index contributed by atoms with van der Waals surface area (Å²) in [7, 11) is 0. The van der Waals surface area contributed by atoms with E-state index >= 15 is 0 Å². The Morgan fingerprint density at radius 3 is 2.61 bits per heavy atom. The summed E-state index contributed by atoms with van der Waals surface area (Å²) in [6, 6.07) is 5.16. The average molecular weight is 286 g/mol. The van der Waals surface area contributed by atoms with Gasteiger partial charge in [0.15, 0.2) is 0 Å². The minimum atomic E-state index is -0.743. The first-order chi connectivity index (χ1) is 8.37. The number of aliphatic hydroxyl groups is 1. The van der Waals surface area contributed by atoms with E-state index < -0.39 is 5.60 Å². The summed E-state index contributed by atoms with van der Waals surface area (Å²) in [6.07, 6.45) is 3.15. The van der Waals surface area contributed by atoms with Gasteiger partial charge >= 0.3 is 0 Å². The lowest BCUT2D eigenvalue weighted by Gasteiger charge is -2.43. The third-order valence-electron chi connectivity index (χ3n) is 2.74. The molecule has 1 amide bonds. The van der Waals surface area contributed by atoms with E-state index in [1.807, 2.05) is 0 Å². The molecule has 96 valence electrons. The topological polar surface area (TPSA) is 40.5 Å². The van der Waals surface area contributed by atoms with Crippen LogP contribution in [0.3, 0.4) is 0 Å². The molecule has 3 nitrogen and oxygen atoms in total. The molecule has 0 aromatic heterocycles. The zero-order valence-corrected chi connectivity index (χ0v) is 11.4. The van der Waals surface area contributed by atoms with Crippen LogP contribution in [0.25, 0.3) is 6.08 Å². The Balaban J connectivity index is 1.99. The Hall–Kier alpha value is -1.03. The Bertz CT molecular complexity index is 504. The maximum absolute atomic E-state index is 11.7. The fraction of sp³-hybridized carbons (Fsp3) is 0.308. The highest BCUT2D eigenvalue weighted by atomic mass is 35.5. The second kappa shape index (κ2) is 4.92. The highest BCUT2D eigenvalue weighted by molar-refractivity contribution is 6.42. The maximum Gasteiger partial charge on any atom is 0.246 e. The molecule has 1 aliphatic heterocycles. The molecule has 1 heterocycles. The van der Waals surface area contributed by atoms with Gasteiger partial charge in [0.25, 0.3) is 0 Å². The minimum absolute atomic E-state index is 0.118. The molecule has 2 rings (SSSR count). The Labute approximate surface area is 116 Å². The summed E-state index contributed by atoms with van der Waals surface area (Å²) in [5.74, 6) is -0.118. The molecule has 1 N–H and O–H groups in total. The van der Waals surface area contributed by atoms with Crippen LogP contribution in [0.1, 0.15) is 12.5 Å². The number of benzene rings is 1. The van der Waals surface area contributed by atoms with Crippen molar-refractivity contribution in [3.8, 4) is 0 Å². The zero-order chi connectivity index (χ0) is 13.3. The van der Waals surface area contributed by atoms with E-state index in [1.165, 1.54) is 6.08 Å². The Morgan fingerprint density at radius 2 is 2.06 bits per heavy atom. The highest BCUT2D eigenvalue weighted by Crippen LogP contribution is 2.23. The molecule has 1 saturated heterocycles. The number of β-amino-alcohol motifs (C(OH)–C–C–N with tert-alkyl or cyclic N) is 1. The maximum atomic E-state index is 11.7. The van der Waals surface area contributed by atoms with Crippen LogP contribution in [0.5, 0.6) is 0 Å². The number of nitrogens with zero attached hydrogens (tertiary/aromatic N) is 1. The summed E-state index contributed by atoms with van der Waals surface area (Å²) >= 11 is 11.7. The first-order valence-corrected chi connectivity index (χ1v) is 6.27. The van der Waals surface area contributed by atoms with Crippen molar-refractivity contribution in [3.63, 3.8) is 0 Å². The Kier molecular flexibility index (Phi) is 3.66. The molecule has 0 radical (unpaired) electrons. The summed E-state index contributed by atoms with van der Waals surface area (Å²) in [6.45, 7) is 2.45. The van der Waals surface area contributed by atoms with Crippen LogP contribution in [0, 0.1) is 0 Å². The normalized spacial score (nSPS) is 17.9. The van der Waals surface area contributed by atoms with E-state index in [2.05, 4.69) is 0 Å². The fourth-order valence-corrected chi connectivity index (χ4v) is 2.13. The van der Waals surface area contributed by atoms with Crippen molar-refractivity contribution in [2.24, 2.45) is 0 Å². The van der Waals surface area contributed by atoms with Crippen molar-refractivity contribution in [2.45, 2.75) is 12.5 Å². The van der Waals surface area contributed by atoms with Crippen LogP contribution in [0.4, 0.5) is 0 Å². The minimum Gasteiger partial charge on any atom is -0.386 e. The number of hydrogen-bond donors (Lipinski definition) is 1. The van der Waals surface area contributed by atoms with E-state index in [1.54, 1.807) is 36.1 Å². The van der Waals surface area contributed by atoms with E-state index in [0.717, 1.165) is 5.56 Å². The SMILES string of the molecule is CC1(O)CN(C(=O)C=Cc2ccc(Cl)c(Cl)c2)C1. The van der Waals surface area contributed by atoms with Gasteiger partial charge in [-0.3, -0.25) is 4.79 Å². The molecule has 0 unspecified atom stereocenters. The van der Waals surface area contributed by atoms with Crippen molar-refractivity contribution in [1.29, 1.82) is 0 Å². The van der Waals surface area contributed by atoms with E-state index in [0.29, 0.717) is 23.1 Å². The van der Waals surface area contributed by atoms with Crippen molar-refractivity contribution >= 4 is 35.2 Å². The molecule has 1 aromatic rings. The molecular formula is C13H13Cl2NO2. The summed E-state index contributed by atoms with van der Waals surface area (Å²) in [5, 5.41) is 10.5. The zero-order valence-electron chi connectivity index (χ0n) is 9.86. The molecule has 1 fully saturated rings. The van der Waals surface area contributed by atoms with Crippen molar-refractivity contribution in [1.82, 2.24) is 4.90 Å². The van der Waals surface area contributed by atoms with Gasteiger partial charge < -0.3 is 10.0 Å². The Morgan fingerprint density at radius 1 is 1.39 bits per heavy atom. The summed E-state index contributed by atoms with van der Waals surface area (Å²) in [5.41, 5.74) is 0.0672. The van der Waals surface area contributed by atoms with E-state index in [9.17, 15) is 9.90 Å². The smallest absolute Gasteiger partial charge is 0.246 e. The quantitative estimate of drug-likeness (QED) is 0.849. The number of likely N-dealkylation sites (tertiary alicyclic amines) is 1. The average Bonchev–Trinajstić information content (AvgIpc) is 2.27. The third-order valence-corrected chi connectivity index (χ3v) is 3.48. The van der Waals surface area contributed by atoms with Crippen molar-refractivity contribution in [3.05, 3.63) is 39.9 Å². The van der Waals surface area contributed by atoms with Crippen LogP contribution in [-0.4, -0.2) is 34.6 Å². The fourth-order valence-electron chi connectivity index (χ4n) is 1.82. The molecule has 5 heteroatoms. The van der Waals surface area contributed by atoms with Gasteiger partial charge in [-0.05, 0) is 30.7 Å². The van der Waals surface area contributed by atoms with Gasteiger partial charge in [-0.25, -0.2) is 0 Å². The second-order valence-electron chi connectivity index (χ2n) is 4.70. The van der Waals surface area contributed by atoms with Gasteiger partial charge in [-0.2, -0.15) is 0 Å². The lowest BCUT2D eigenvalue weighted by molar-refractivity contribution is -0.146. The molecular weight excluding hydrogens is 273 g/mol. The van der Waals surface area contributed by atoms with Gasteiger partial charge in [0, 0.05) is 6.08 Å². The monoisotopic (exact) mass is 285 g/mol. The molecule has 0 spiro atoms. The molecule has 0 bridgehead atoms. The van der Waals surface area contributed by atoms with Gasteiger partial charge in [0.1, 0.15) is 0 Å². The van der Waals surface area contributed by atoms with Gasteiger partial charge in [0.2, 0.25) is 5.91 Å². The van der Waals surface area contributed by atoms with E-state index in [4.69, 9.17) is 23.2 Å². The largest absolute Gasteiger partial charge is 0.386 e. The second-order valence-corrected chi connectivity index (χ2v) is 5.51. The predicted octanol–water partition coefficient (Wildman–Crippen LogP) is 2.60. The van der Waals surface area contributed by atoms with Gasteiger partial charge in [0.05, 0.1) is 28.7 Å². The van der Waals surface area contributed by atoms with Gasteiger partial charge in [-0.15, -0.1) is 0 Å². The van der Waals surface area contributed by atoms with Crippen molar-refractivity contribution in [2.75, 3.05) is 13.1 Å². The third kappa shape index (κ3) is 3.05. The number of halogens is 2. The highest BCUT2D eigenvalue weighted by Gasteiger charge is 2.38. The molecule has 0 aliphatic carbocycles. The molecule has 18 heavy (non-hydrogen) atoms. The van der Waals surface area contributed by atoms with Gasteiger partial charge in [-0.1, -0.05) is 29.3 Å². The van der Waals surface area contributed by atoms with E-state index in [-0.39, 0.29) is 5.91 Å². The summed E-state index contributed by atoms with van der Waals surface area (Å²) < 4.78 is 0. The molecule has 1 aliphatic rings. The summed E-state index contributed by atoms with van der Waals surface area (Å²) in [4.78, 5) is 13.3. The van der Waals surface area contributed by atoms with Crippen LogP contribution < -0.4 is 0 Å². The predicted molar refractivity (Wildman–Crippen MR) is 72.7 cm³/mol. The van der Waals surface area contributed by atoms with Crippen LogP contribution in [0.2, 0.25) is 10.0 Å². The van der Waals surface area contributed by atoms with Crippen LogP contribution >= 0.6 is 23.2 Å². The van der Waals surface area contributed by atoms with Crippen LogP contribution in [0.15, 0.2) is 24.3 Å². The number of carbonyl (C=O) groups excluding carboxylic acids is 1. The first-order valence-electron chi connectivity index (χ1n) is 5.52. The number of rotatable bonds is 2. The number of amides is 1.